The SMILES string of the molecule is O=C(NCc1noc2cc(F)ccc12)N(Cc1ccoc1)C1CC1. The van der Waals surface area contributed by atoms with Gasteiger partial charge < -0.3 is 19.2 Å². The highest BCUT2D eigenvalue weighted by atomic mass is 19.1. The van der Waals surface area contributed by atoms with Crippen molar-refractivity contribution in [1.82, 2.24) is 15.4 Å². The van der Waals surface area contributed by atoms with E-state index in [1.54, 1.807) is 23.5 Å². The molecule has 1 aliphatic rings. The van der Waals surface area contributed by atoms with Gasteiger partial charge in [0.05, 0.1) is 25.6 Å². The number of benzene rings is 1. The van der Waals surface area contributed by atoms with Crippen molar-refractivity contribution >= 4 is 17.0 Å². The van der Waals surface area contributed by atoms with E-state index in [0.717, 1.165) is 18.4 Å². The molecule has 1 aliphatic carbocycles. The molecule has 1 aromatic carbocycles. The molecule has 124 valence electrons. The summed E-state index contributed by atoms with van der Waals surface area (Å²) in [7, 11) is 0. The van der Waals surface area contributed by atoms with Crippen LogP contribution in [0.5, 0.6) is 0 Å². The molecule has 4 rings (SSSR count). The zero-order valence-electron chi connectivity index (χ0n) is 12.9. The number of rotatable bonds is 5. The van der Waals surface area contributed by atoms with Gasteiger partial charge in [-0.25, -0.2) is 9.18 Å². The zero-order valence-corrected chi connectivity index (χ0v) is 12.9. The van der Waals surface area contributed by atoms with Crippen molar-refractivity contribution in [3.05, 3.63) is 53.9 Å². The third-order valence-corrected chi connectivity index (χ3v) is 4.10. The molecule has 6 nitrogen and oxygen atoms in total. The summed E-state index contributed by atoms with van der Waals surface area (Å²) in [6.45, 7) is 0.740. The Hall–Kier alpha value is -2.83. The lowest BCUT2D eigenvalue weighted by molar-refractivity contribution is 0.191. The minimum Gasteiger partial charge on any atom is -0.472 e. The second-order valence-electron chi connectivity index (χ2n) is 5.92. The number of hydrogen-bond acceptors (Lipinski definition) is 4. The van der Waals surface area contributed by atoms with Crippen LogP contribution in [0.4, 0.5) is 9.18 Å². The van der Waals surface area contributed by atoms with Crippen molar-refractivity contribution in [2.45, 2.75) is 32.0 Å². The molecule has 0 aliphatic heterocycles. The topological polar surface area (TPSA) is 71.5 Å². The van der Waals surface area contributed by atoms with E-state index in [9.17, 15) is 9.18 Å². The number of halogens is 1. The first-order chi connectivity index (χ1) is 11.7. The molecule has 0 radical (unpaired) electrons. The van der Waals surface area contributed by atoms with Crippen LogP contribution in [0.15, 0.2) is 45.7 Å². The third kappa shape index (κ3) is 2.97. The van der Waals surface area contributed by atoms with Crippen LogP contribution >= 0.6 is 0 Å². The fourth-order valence-electron chi connectivity index (χ4n) is 2.68. The third-order valence-electron chi connectivity index (χ3n) is 4.10. The number of furan rings is 1. The quantitative estimate of drug-likeness (QED) is 0.778. The van der Waals surface area contributed by atoms with Crippen LogP contribution in [-0.4, -0.2) is 22.1 Å². The van der Waals surface area contributed by atoms with Gasteiger partial charge in [0.25, 0.3) is 0 Å². The highest BCUT2D eigenvalue weighted by molar-refractivity contribution is 5.80. The minimum atomic E-state index is -0.380. The van der Waals surface area contributed by atoms with Crippen LogP contribution in [-0.2, 0) is 13.1 Å². The molecule has 0 saturated heterocycles. The Bertz CT molecular complexity index is 855. The van der Waals surface area contributed by atoms with Crippen molar-refractivity contribution in [3.8, 4) is 0 Å². The Labute approximate surface area is 137 Å². The molecule has 1 fully saturated rings. The number of carbonyl (C=O) groups is 1. The molecule has 3 aromatic rings. The van der Waals surface area contributed by atoms with E-state index >= 15 is 0 Å². The molecule has 2 aromatic heterocycles. The average molecular weight is 329 g/mol. The summed E-state index contributed by atoms with van der Waals surface area (Å²) in [6.07, 6.45) is 5.26. The van der Waals surface area contributed by atoms with Gasteiger partial charge in [-0.15, -0.1) is 0 Å². The van der Waals surface area contributed by atoms with Gasteiger partial charge in [-0.2, -0.15) is 0 Å². The van der Waals surface area contributed by atoms with Crippen LogP contribution in [0.2, 0.25) is 0 Å². The van der Waals surface area contributed by atoms with E-state index in [1.807, 2.05) is 6.07 Å². The van der Waals surface area contributed by atoms with Crippen LogP contribution in [0.25, 0.3) is 11.0 Å². The van der Waals surface area contributed by atoms with Gasteiger partial charge in [0.1, 0.15) is 11.5 Å². The van der Waals surface area contributed by atoms with E-state index in [0.29, 0.717) is 23.2 Å². The number of hydrogen-bond donors (Lipinski definition) is 1. The zero-order chi connectivity index (χ0) is 16.5. The summed E-state index contributed by atoms with van der Waals surface area (Å²) in [6, 6.07) is 6.19. The fraction of sp³-hybridized carbons (Fsp3) is 0.294. The summed E-state index contributed by atoms with van der Waals surface area (Å²) < 4.78 is 23.3. The van der Waals surface area contributed by atoms with Gasteiger partial charge in [-0.05, 0) is 31.0 Å². The highest BCUT2D eigenvalue weighted by Gasteiger charge is 2.32. The van der Waals surface area contributed by atoms with Gasteiger partial charge in [0.15, 0.2) is 5.58 Å². The first-order valence-electron chi connectivity index (χ1n) is 7.80. The van der Waals surface area contributed by atoms with Crippen LogP contribution < -0.4 is 5.32 Å². The number of aromatic nitrogens is 1. The molecular formula is C17H16FN3O3. The summed E-state index contributed by atoms with van der Waals surface area (Å²) >= 11 is 0. The Morgan fingerprint density at radius 3 is 3.00 bits per heavy atom. The number of nitrogens with zero attached hydrogens (tertiary/aromatic N) is 2. The molecule has 1 N–H and O–H groups in total. The lowest BCUT2D eigenvalue weighted by atomic mass is 10.2. The summed E-state index contributed by atoms with van der Waals surface area (Å²) in [5, 5.41) is 7.48. The first-order valence-corrected chi connectivity index (χ1v) is 7.80. The van der Waals surface area contributed by atoms with Crippen molar-refractivity contribution < 1.29 is 18.1 Å². The Morgan fingerprint density at radius 2 is 2.25 bits per heavy atom. The number of fused-ring (bicyclic) bond motifs is 1. The van der Waals surface area contributed by atoms with E-state index in [4.69, 9.17) is 8.94 Å². The monoisotopic (exact) mass is 329 g/mol. The second kappa shape index (κ2) is 5.99. The van der Waals surface area contributed by atoms with E-state index in [2.05, 4.69) is 10.5 Å². The van der Waals surface area contributed by atoms with E-state index < -0.39 is 0 Å². The molecule has 0 atom stereocenters. The summed E-state index contributed by atoms with van der Waals surface area (Å²) in [5.41, 5.74) is 1.91. The maximum absolute atomic E-state index is 13.2. The number of carbonyl (C=O) groups excluding carboxylic acids is 1. The predicted molar refractivity (Wildman–Crippen MR) is 83.5 cm³/mol. The molecule has 0 spiro atoms. The fourth-order valence-corrected chi connectivity index (χ4v) is 2.68. The van der Waals surface area contributed by atoms with Gasteiger partial charge in [-0.1, -0.05) is 5.16 Å². The first kappa shape index (κ1) is 14.7. The summed E-state index contributed by atoms with van der Waals surface area (Å²) in [4.78, 5) is 14.3. The van der Waals surface area contributed by atoms with Gasteiger partial charge in [-0.3, -0.25) is 0 Å². The normalized spacial score (nSPS) is 14.0. The van der Waals surface area contributed by atoms with Crippen molar-refractivity contribution in [1.29, 1.82) is 0 Å². The largest absolute Gasteiger partial charge is 0.472 e. The maximum atomic E-state index is 13.2. The van der Waals surface area contributed by atoms with Crippen LogP contribution in [0, 0.1) is 5.82 Å². The standard InChI is InChI=1S/C17H16FN3O3/c18-12-1-4-14-15(20-24-16(14)7-12)8-19-17(22)21(13-2-3-13)9-11-5-6-23-10-11/h1,4-7,10,13H,2-3,8-9H2,(H,19,22). The molecule has 2 heterocycles. The highest BCUT2D eigenvalue weighted by Crippen LogP contribution is 2.28. The van der Waals surface area contributed by atoms with Gasteiger partial charge in [0, 0.05) is 23.1 Å². The predicted octanol–water partition coefficient (Wildman–Crippen LogP) is 3.43. The lowest BCUT2D eigenvalue weighted by Gasteiger charge is -2.22. The average Bonchev–Trinajstić information content (AvgIpc) is 3.14. The van der Waals surface area contributed by atoms with Crippen LogP contribution in [0.3, 0.4) is 0 Å². The molecule has 0 bridgehead atoms. The molecule has 2 amide bonds. The van der Waals surface area contributed by atoms with Crippen molar-refractivity contribution in [3.63, 3.8) is 0 Å². The van der Waals surface area contributed by atoms with Crippen molar-refractivity contribution in [2.24, 2.45) is 0 Å². The Balaban J connectivity index is 1.44. The van der Waals surface area contributed by atoms with Gasteiger partial charge >= 0.3 is 6.03 Å². The minimum absolute atomic E-state index is 0.156. The molecular weight excluding hydrogens is 313 g/mol. The Kier molecular flexibility index (Phi) is 3.68. The molecule has 1 saturated carbocycles. The van der Waals surface area contributed by atoms with E-state index in [1.165, 1.54) is 12.1 Å². The molecule has 24 heavy (non-hydrogen) atoms. The van der Waals surface area contributed by atoms with E-state index in [-0.39, 0.29) is 24.4 Å². The smallest absolute Gasteiger partial charge is 0.318 e. The molecule has 7 heteroatoms. The number of nitrogens with one attached hydrogen (secondary N) is 1. The number of urea groups is 1. The maximum Gasteiger partial charge on any atom is 0.318 e. The lowest BCUT2D eigenvalue weighted by Crippen LogP contribution is -2.40. The van der Waals surface area contributed by atoms with Gasteiger partial charge in [0.2, 0.25) is 0 Å². The molecule has 0 unspecified atom stereocenters. The number of amides is 2. The van der Waals surface area contributed by atoms with Crippen molar-refractivity contribution in [2.75, 3.05) is 0 Å². The summed E-state index contributed by atoms with van der Waals surface area (Å²) in [5.74, 6) is -0.380. The second-order valence-corrected chi connectivity index (χ2v) is 5.92. The van der Waals surface area contributed by atoms with Crippen LogP contribution in [0.1, 0.15) is 24.1 Å². The Morgan fingerprint density at radius 1 is 1.38 bits per heavy atom.